The summed E-state index contributed by atoms with van der Waals surface area (Å²) in [7, 11) is 1.72. The van der Waals surface area contributed by atoms with Gasteiger partial charge in [-0.05, 0) is 62.4 Å². The van der Waals surface area contributed by atoms with Crippen LogP contribution >= 0.6 is 0 Å². The zero-order chi connectivity index (χ0) is 26.5. The maximum Gasteiger partial charge on any atom is 0.250 e. The lowest BCUT2D eigenvalue weighted by molar-refractivity contribution is -0.137. The van der Waals surface area contributed by atoms with E-state index in [1.165, 1.54) is 38.2 Å². The minimum absolute atomic E-state index is 0.0347. The van der Waals surface area contributed by atoms with E-state index in [0.717, 1.165) is 51.9 Å². The van der Waals surface area contributed by atoms with Crippen molar-refractivity contribution in [1.29, 1.82) is 0 Å². The molecule has 3 heterocycles. The lowest BCUT2D eigenvalue weighted by atomic mass is 9.97. The van der Waals surface area contributed by atoms with Gasteiger partial charge >= 0.3 is 0 Å². The first-order chi connectivity index (χ1) is 18.5. The number of para-hydroxylation sites is 1. The molecule has 6 heteroatoms. The molecule has 2 aliphatic rings. The monoisotopic (exact) mass is 510 g/mol. The summed E-state index contributed by atoms with van der Waals surface area (Å²) in [6.45, 7) is 5.59. The maximum atomic E-state index is 13.3. The molecular formula is C32H38N4O2. The highest BCUT2D eigenvalue weighted by Crippen LogP contribution is 2.33. The van der Waals surface area contributed by atoms with E-state index in [2.05, 4.69) is 76.4 Å². The molecule has 0 spiro atoms. The number of benzene rings is 2. The Labute approximate surface area is 224 Å². The van der Waals surface area contributed by atoms with Crippen molar-refractivity contribution in [3.8, 4) is 0 Å². The van der Waals surface area contributed by atoms with Crippen molar-refractivity contribution in [2.24, 2.45) is 13.0 Å². The molecule has 6 nitrogen and oxygen atoms in total. The number of carbonyl (C=O) groups excluding carboxylic acids is 1. The largest absolute Gasteiger partial charge is 0.343 e. The summed E-state index contributed by atoms with van der Waals surface area (Å²) in [5.41, 5.74) is 5.15. The van der Waals surface area contributed by atoms with Gasteiger partial charge in [-0.2, -0.15) is 0 Å². The van der Waals surface area contributed by atoms with E-state index in [0.29, 0.717) is 11.9 Å². The van der Waals surface area contributed by atoms with Crippen molar-refractivity contribution in [3.63, 3.8) is 0 Å². The molecule has 6 rings (SSSR count). The molecule has 1 saturated heterocycles. The molecule has 1 N–H and O–H groups in total. The van der Waals surface area contributed by atoms with Crippen LogP contribution in [0.4, 0.5) is 0 Å². The fourth-order valence-electron chi connectivity index (χ4n) is 5.35. The van der Waals surface area contributed by atoms with Gasteiger partial charge in [-0.25, -0.2) is 0 Å². The first-order valence-electron chi connectivity index (χ1n) is 13.7. The summed E-state index contributed by atoms with van der Waals surface area (Å²) in [5.74, 6) is 0.486. The fraction of sp³-hybridized carbons (Fsp3) is 0.375. The molecule has 2 aromatic carbocycles. The number of fused-ring (bicyclic) bond motifs is 1. The molecule has 1 aliphatic heterocycles. The van der Waals surface area contributed by atoms with E-state index in [9.17, 15) is 9.59 Å². The molecule has 0 bridgehead atoms. The van der Waals surface area contributed by atoms with Crippen LogP contribution in [-0.4, -0.2) is 39.1 Å². The van der Waals surface area contributed by atoms with Gasteiger partial charge < -0.3 is 19.4 Å². The molecule has 0 radical (unpaired) electrons. The number of amides is 1. The van der Waals surface area contributed by atoms with Crippen molar-refractivity contribution in [1.82, 2.24) is 19.4 Å². The van der Waals surface area contributed by atoms with E-state index >= 15 is 0 Å². The van der Waals surface area contributed by atoms with Crippen LogP contribution in [-0.2, 0) is 24.9 Å². The lowest BCUT2D eigenvalue weighted by Crippen LogP contribution is -2.43. The van der Waals surface area contributed by atoms with Crippen LogP contribution in [0.15, 0.2) is 83.9 Å². The Morgan fingerprint density at radius 3 is 2.53 bits per heavy atom. The number of aryl methyl sites for hydroxylation is 2. The molecule has 2 aromatic heterocycles. The number of rotatable bonds is 6. The smallest absolute Gasteiger partial charge is 0.250 e. The molecule has 1 unspecified atom stereocenters. The molecule has 1 atom stereocenters. The Morgan fingerprint density at radius 1 is 1.03 bits per heavy atom. The number of pyridine rings is 1. The van der Waals surface area contributed by atoms with Gasteiger partial charge in [-0.1, -0.05) is 54.1 Å². The molecule has 2 fully saturated rings. The molecule has 4 aromatic rings. The van der Waals surface area contributed by atoms with Gasteiger partial charge in [0.25, 0.3) is 0 Å². The van der Waals surface area contributed by atoms with E-state index in [-0.39, 0.29) is 11.5 Å². The number of hydrogen-bond donors (Lipinski definition) is 1. The summed E-state index contributed by atoms with van der Waals surface area (Å²) >= 11 is 0. The van der Waals surface area contributed by atoms with E-state index in [1.807, 2.05) is 6.07 Å². The first kappa shape index (κ1) is 26.0. The van der Waals surface area contributed by atoms with E-state index < -0.39 is 0 Å². The van der Waals surface area contributed by atoms with Crippen LogP contribution in [0, 0.1) is 12.8 Å². The van der Waals surface area contributed by atoms with Crippen LogP contribution in [0.25, 0.3) is 10.9 Å². The van der Waals surface area contributed by atoms with Crippen LogP contribution in [0.3, 0.4) is 0 Å². The molecule has 1 aliphatic carbocycles. The van der Waals surface area contributed by atoms with Crippen molar-refractivity contribution < 1.29 is 4.79 Å². The average molecular weight is 511 g/mol. The minimum Gasteiger partial charge on any atom is -0.343 e. The van der Waals surface area contributed by atoms with Crippen molar-refractivity contribution >= 4 is 16.8 Å². The molecule has 1 amide bonds. The summed E-state index contributed by atoms with van der Waals surface area (Å²) in [5, 5.41) is 4.68. The molecular weight excluding hydrogens is 472 g/mol. The Balaban J connectivity index is 0.000000316. The number of carbonyl (C=O) groups is 1. The molecule has 1 saturated carbocycles. The zero-order valence-electron chi connectivity index (χ0n) is 22.5. The molecule has 38 heavy (non-hydrogen) atoms. The minimum atomic E-state index is 0.0347. The predicted octanol–water partition coefficient (Wildman–Crippen LogP) is 4.87. The number of hydrogen-bond acceptors (Lipinski definition) is 3. The molecule has 198 valence electrons. The predicted molar refractivity (Wildman–Crippen MR) is 153 cm³/mol. The second-order valence-electron chi connectivity index (χ2n) is 10.7. The van der Waals surface area contributed by atoms with Crippen molar-refractivity contribution in [2.75, 3.05) is 13.1 Å². The van der Waals surface area contributed by atoms with Gasteiger partial charge in [-0.3, -0.25) is 9.59 Å². The lowest BCUT2D eigenvalue weighted by Gasteiger charge is -2.29. The Kier molecular flexibility index (Phi) is 8.08. The quantitative estimate of drug-likeness (QED) is 0.403. The third kappa shape index (κ3) is 6.25. The average Bonchev–Trinajstić information content (AvgIpc) is 3.73. The summed E-state index contributed by atoms with van der Waals surface area (Å²) in [6, 6.07) is 22.8. The SMILES string of the molecule is Cc1cccc(Cn2cc(CN(C(=O)C3CCCNC3)C3CC3)c3ccccc32)c1.Cn1ccccc1=O. The fourth-order valence-corrected chi connectivity index (χ4v) is 5.35. The number of aromatic nitrogens is 2. The van der Waals surface area contributed by atoms with Gasteiger partial charge in [0.15, 0.2) is 0 Å². The third-order valence-electron chi connectivity index (χ3n) is 7.57. The van der Waals surface area contributed by atoms with Crippen LogP contribution < -0.4 is 10.9 Å². The summed E-state index contributed by atoms with van der Waals surface area (Å²) < 4.78 is 3.87. The van der Waals surface area contributed by atoms with E-state index in [4.69, 9.17) is 0 Å². The van der Waals surface area contributed by atoms with Crippen LogP contribution in [0.1, 0.15) is 42.4 Å². The Bertz CT molecular complexity index is 1440. The normalized spacial score (nSPS) is 17.1. The highest BCUT2D eigenvalue weighted by atomic mass is 16.2. The standard InChI is InChI=1S/C26H31N3O.C6H7NO/c1-19-6-4-7-20(14-19)16-28-17-22(24-9-2-3-10-25(24)28)18-29(23-11-12-23)26(30)21-8-5-13-27-15-21;1-7-5-3-2-4-6(7)8/h2-4,6-7,9-10,14,17,21,23,27H,5,8,11-13,15-16,18H2,1H3;2-5H,1H3. The number of nitrogens with zero attached hydrogens (tertiary/aromatic N) is 3. The van der Waals surface area contributed by atoms with Gasteiger partial charge in [0.05, 0.1) is 5.92 Å². The second-order valence-corrected chi connectivity index (χ2v) is 10.7. The number of piperidine rings is 1. The topological polar surface area (TPSA) is 59.3 Å². The second kappa shape index (κ2) is 11.8. The highest BCUT2D eigenvalue weighted by molar-refractivity contribution is 5.85. The van der Waals surface area contributed by atoms with Crippen molar-refractivity contribution in [2.45, 2.75) is 51.7 Å². The van der Waals surface area contributed by atoms with Gasteiger partial charge in [0.2, 0.25) is 11.5 Å². The zero-order valence-corrected chi connectivity index (χ0v) is 22.5. The van der Waals surface area contributed by atoms with Crippen LogP contribution in [0.5, 0.6) is 0 Å². The van der Waals surface area contributed by atoms with E-state index in [1.54, 1.807) is 19.3 Å². The van der Waals surface area contributed by atoms with Gasteiger partial charge in [0.1, 0.15) is 0 Å². The Hall–Kier alpha value is -3.64. The third-order valence-corrected chi connectivity index (χ3v) is 7.57. The van der Waals surface area contributed by atoms with Crippen molar-refractivity contribution in [3.05, 3.63) is 106 Å². The van der Waals surface area contributed by atoms with Gasteiger partial charge in [-0.15, -0.1) is 0 Å². The first-order valence-corrected chi connectivity index (χ1v) is 13.7. The maximum absolute atomic E-state index is 13.3. The Morgan fingerprint density at radius 2 is 1.84 bits per heavy atom. The highest BCUT2D eigenvalue weighted by Gasteiger charge is 2.36. The van der Waals surface area contributed by atoms with Gasteiger partial charge in [0, 0.05) is 62.1 Å². The number of nitrogens with one attached hydrogen (secondary N) is 1. The summed E-state index contributed by atoms with van der Waals surface area (Å²) in [4.78, 5) is 26.1. The van der Waals surface area contributed by atoms with Crippen LogP contribution in [0.2, 0.25) is 0 Å². The summed E-state index contributed by atoms with van der Waals surface area (Å²) in [6.07, 6.45) is 8.41.